The number of hydrogen-bond acceptors (Lipinski definition) is 5. The highest BCUT2D eigenvalue weighted by Gasteiger charge is 2.17. The fraction of sp³-hybridized carbons (Fsp3) is 0. The number of aromatic nitrogens is 3. The predicted octanol–water partition coefficient (Wildman–Crippen LogP) is 4.30. The topological polar surface area (TPSA) is 67.8 Å². The lowest BCUT2D eigenvalue weighted by Gasteiger charge is -2.08. The fourth-order valence-corrected chi connectivity index (χ4v) is 3.06. The Morgan fingerprint density at radius 2 is 1.86 bits per heavy atom. The van der Waals surface area contributed by atoms with E-state index in [4.69, 9.17) is 34.8 Å². The fourth-order valence-electron chi connectivity index (χ4n) is 1.72. The third kappa shape index (κ3) is 2.80. The number of benzene rings is 1. The minimum Gasteiger partial charge on any atom is -0.319 e. The zero-order chi connectivity index (χ0) is 15.0. The van der Waals surface area contributed by atoms with Gasteiger partial charge >= 0.3 is 0 Å². The van der Waals surface area contributed by atoms with Crippen LogP contribution in [0.3, 0.4) is 0 Å². The van der Waals surface area contributed by atoms with E-state index in [1.54, 1.807) is 6.07 Å². The Labute approximate surface area is 138 Å². The summed E-state index contributed by atoms with van der Waals surface area (Å²) in [4.78, 5) is 16.1. The number of nitrogens with one attached hydrogen (secondary N) is 1. The van der Waals surface area contributed by atoms with E-state index in [1.807, 2.05) is 0 Å². The molecule has 2 aromatic heterocycles. The molecule has 3 aromatic rings. The molecule has 106 valence electrons. The van der Waals surface area contributed by atoms with Gasteiger partial charge in [-0.15, -0.1) is 0 Å². The number of anilines is 1. The highest BCUT2D eigenvalue weighted by Crippen LogP contribution is 2.35. The summed E-state index contributed by atoms with van der Waals surface area (Å²) in [5.41, 5.74) is 1.67. The van der Waals surface area contributed by atoms with E-state index < -0.39 is 0 Å². The van der Waals surface area contributed by atoms with Crippen molar-refractivity contribution in [1.29, 1.82) is 0 Å². The summed E-state index contributed by atoms with van der Waals surface area (Å²) < 4.78 is 8.18. The first-order valence-corrected chi connectivity index (χ1v) is 7.46. The monoisotopic (exact) mass is 358 g/mol. The van der Waals surface area contributed by atoms with E-state index in [0.29, 0.717) is 27.3 Å². The number of rotatable bonds is 2. The van der Waals surface area contributed by atoms with Gasteiger partial charge in [0.1, 0.15) is 16.2 Å². The van der Waals surface area contributed by atoms with Crippen molar-refractivity contribution in [2.45, 2.75) is 0 Å². The minimum atomic E-state index is -0.377. The van der Waals surface area contributed by atoms with Crippen LogP contribution in [0.4, 0.5) is 5.69 Å². The number of nitrogens with zero attached hydrogens (tertiary/aromatic N) is 3. The van der Waals surface area contributed by atoms with E-state index in [2.05, 4.69) is 19.0 Å². The van der Waals surface area contributed by atoms with Crippen LogP contribution >= 0.6 is 46.5 Å². The van der Waals surface area contributed by atoms with Crippen LogP contribution in [-0.4, -0.2) is 19.6 Å². The largest absolute Gasteiger partial charge is 0.319 e. The van der Waals surface area contributed by atoms with Crippen molar-refractivity contribution in [3.8, 4) is 0 Å². The maximum Gasteiger partial charge on any atom is 0.255 e. The minimum absolute atomic E-state index is 0.227. The molecule has 2 heterocycles. The molecule has 0 aliphatic heterocycles. The average molecular weight is 360 g/mol. The first-order chi connectivity index (χ1) is 10.1. The summed E-state index contributed by atoms with van der Waals surface area (Å²) in [5, 5.41) is 3.59. The van der Waals surface area contributed by atoms with Crippen molar-refractivity contribution >= 4 is 69.2 Å². The summed E-state index contributed by atoms with van der Waals surface area (Å²) in [6.45, 7) is 0. The first kappa shape index (κ1) is 14.5. The number of amides is 1. The van der Waals surface area contributed by atoms with Crippen LogP contribution < -0.4 is 5.32 Å². The average Bonchev–Trinajstić information content (AvgIpc) is 2.93. The molecule has 0 atom stereocenters. The Balaban J connectivity index is 2.02. The van der Waals surface area contributed by atoms with Crippen LogP contribution in [-0.2, 0) is 0 Å². The molecule has 1 N–H and O–H groups in total. The van der Waals surface area contributed by atoms with Gasteiger partial charge in [-0.25, -0.2) is 4.98 Å². The highest BCUT2D eigenvalue weighted by molar-refractivity contribution is 7.00. The van der Waals surface area contributed by atoms with Crippen LogP contribution in [0.2, 0.25) is 15.2 Å². The van der Waals surface area contributed by atoms with Crippen molar-refractivity contribution in [3.63, 3.8) is 0 Å². The Hall–Kier alpha value is -1.47. The van der Waals surface area contributed by atoms with Crippen molar-refractivity contribution in [2.24, 2.45) is 0 Å². The molecule has 3 rings (SSSR count). The van der Waals surface area contributed by atoms with Crippen molar-refractivity contribution < 1.29 is 4.79 Å². The molecule has 9 heteroatoms. The number of pyridine rings is 1. The summed E-state index contributed by atoms with van der Waals surface area (Å²) in [5.74, 6) is -0.377. The van der Waals surface area contributed by atoms with Crippen molar-refractivity contribution in [2.75, 3.05) is 5.32 Å². The van der Waals surface area contributed by atoms with Gasteiger partial charge in [-0.3, -0.25) is 4.79 Å². The Kier molecular flexibility index (Phi) is 3.95. The number of halogens is 3. The van der Waals surface area contributed by atoms with Gasteiger partial charge in [0.25, 0.3) is 5.91 Å². The van der Waals surface area contributed by atoms with Gasteiger partial charge in [0.05, 0.1) is 27.5 Å². The number of hydrogen-bond donors (Lipinski definition) is 1. The zero-order valence-electron chi connectivity index (χ0n) is 10.1. The number of carbonyl (C=O) groups is 1. The second kappa shape index (κ2) is 5.73. The Morgan fingerprint density at radius 1 is 1.10 bits per heavy atom. The maximum absolute atomic E-state index is 12.2. The first-order valence-electron chi connectivity index (χ1n) is 5.59. The molecule has 0 spiro atoms. The molecule has 0 bridgehead atoms. The van der Waals surface area contributed by atoms with Gasteiger partial charge in [-0.1, -0.05) is 34.8 Å². The van der Waals surface area contributed by atoms with Crippen molar-refractivity contribution in [1.82, 2.24) is 13.7 Å². The molecule has 0 saturated carbocycles. The standard InChI is InChI=1S/C12H5Cl3N4OS/c13-6-4-7(14)10-11(19-21-18-10)9(6)17-12(20)5-1-2-16-8(15)3-5/h1-4H,(H,17,20). The summed E-state index contributed by atoms with van der Waals surface area (Å²) in [7, 11) is 0. The molecule has 0 saturated heterocycles. The van der Waals surface area contributed by atoms with E-state index in [-0.39, 0.29) is 16.1 Å². The van der Waals surface area contributed by atoms with Crippen LogP contribution in [0.1, 0.15) is 10.4 Å². The quantitative estimate of drug-likeness (QED) is 0.693. The summed E-state index contributed by atoms with van der Waals surface area (Å²) in [6.07, 6.45) is 1.45. The predicted molar refractivity (Wildman–Crippen MR) is 84.6 cm³/mol. The van der Waals surface area contributed by atoms with E-state index >= 15 is 0 Å². The number of fused-ring (bicyclic) bond motifs is 1. The van der Waals surface area contributed by atoms with Crippen LogP contribution in [0, 0.1) is 0 Å². The van der Waals surface area contributed by atoms with Gasteiger partial charge in [-0.05, 0) is 18.2 Å². The Bertz CT molecular complexity index is 852. The van der Waals surface area contributed by atoms with Crippen LogP contribution in [0.25, 0.3) is 11.0 Å². The SMILES string of the molecule is O=C(Nc1c(Cl)cc(Cl)c2nsnc12)c1ccnc(Cl)c1. The van der Waals surface area contributed by atoms with Crippen LogP contribution in [0.5, 0.6) is 0 Å². The summed E-state index contributed by atoms with van der Waals surface area (Å²) >= 11 is 18.9. The molecule has 0 aliphatic carbocycles. The molecule has 5 nitrogen and oxygen atoms in total. The number of carbonyl (C=O) groups excluding carboxylic acids is 1. The second-order valence-electron chi connectivity index (χ2n) is 4.00. The molecule has 0 aliphatic rings. The molecule has 1 aromatic carbocycles. The van der Waals surface area contributed by atoms with Gasteiger partial charge in [-0.2, -0.15) is 8.75 Å². The smallest absolute Gasteiger partial charge is 0.255 e. The summed E-state index contributed by atoms with van der Waals surface area (Å²) in [6, 6.07) is 4.51. The lowest BCUT2D eigenvalue weighted by molar-refractivity contribution is 0.102. The lowest BCUT2D eigenvalue weighted by Crippen LogP contribution is -2.12. The van der Waals surface area contributed by atoms with Gasteiger partial charge in [0.2, 0.25) is 0 Å². The van der Waals surface area contributed by atoms with Gasteiger partial charge < -0.3 is 5.32 Å². The molecule has 0 radical (unpaired) electrons. The highest BCUT2D eigenvalue weighted by atomic mass is 35.5. The van der Waals surface area contributed by atoms with E-state index in [0.717, 1.165) is 11.7 Å². The maximum atomic E-state index is 12.2. The molecule has 0 unspecified atom stereocenters. The van der Waals surface area contributed by atoms with Gasteiger partial charge in [0.15, 0.2) is 0 Å². The Morgan fingerprint density at radius 3 is 2.62 bits per heavy atom. The van der Waals surface area contributed by atoms with Crippen molar-refractivity contribution in [3.05, 3.63) is 45.2 Å². The lowest BCUT2D eigenvalue weighted by atomic mass is 10.2. The molecule has 0 fully saturated rings. The zero-order valence-corrected chi connectivity index (χ0v) is 13.2. The molecule has 21 heavy (non-hydrogen) atoms. The second-order valence-corrected chi connectivity index (χ2v) is 5.73. The molecular weight excluding hydrogens is 355 g/mol. The normalized spacial score (nSPS) is 10.8. The molecular formula is C12H5Cl3N4OS. The van der Waals surface area contributed by atoms with Crippen LogP contribution in [0.15, 0.2) is 24.4 Å². The third-order valence-corrected chi connectivity index (χ3v) is 3.99. The molecule has 1 amide bonds. The van der Waals surface area contributed by atoms with E-state index in [1.165, 1.54) is 18.3 Å². The third-order valence-electron chi connectivity index (χ3n) is 2.67. The van der Waals surface area contributed by atoms with Gasteiger partial charge in [0, 0.05) is 11.8 Å². The van der Waals surface area contributed by atoms with E-state index in [9.17, 15) is 4.79 Å².